The van der Waals surface area contributed by atoms with Crippen molar-refractivity contribution in [2.45, 2.75) is 64.6 Å². The second-order valence-electron chi connectivity index (χ2n) is 7.07. The first-order valence-corrected chi connectivity index (χ1v) is 12.6. The van der Waals surface area contributed by atoms with Crippen LogP contribution >= 0.6 is 35.3 Å². The topological polar surface area (TPSA) is 52.6 Å². The molecule has 0 bridgehead atoms. The van der Waals surface area contributed by atoms with E-state index in [-0.39, 0.29) is 11.9 Å². The van der Waals surface area contributed by atoms with Crippen LogP contribution in [0.1, 0.15) is 53.4 Å². The minimum absolute atomic E-state index is 0.123. The molecule has 7 heteroatoms. The molecule has 0 aliphatic rings. The summed E-state index contributed by atoms with van der Waals surface area (Å²) in [5, 5.41) is 0. The van der Waals surface area contributed by atoms with Gasteiger partial charge >= 0.3 is 11.9 Å². The number of hydrogen-bond donors (Lipinski definition) is 0. The van der Waals surface area contributed by atoms with Crippen LogP contribution in [0.15, 0.2) is 0 Å². The highest BCUT2D eigenvalue weighted by Crippen LogP contribution is 2.23. The van der Waals surface area contributed by atoms with Crippen LogP contribution < -0.4 is 0 Å². The average molecular weight is 411 g/mol. The highest BCUT2D eigenvalue weighted by molar-refractivity contribution is 7.99. The largest absolute Gasteiger partial charge is 0.460 e. The minimum atomic E-state index is -0.428. The van der Waals surface area contributed by atoms with Gasteiger partial charge in [0.05, 0.1) is 12.8 Å². The Morgan fingerprint density at radius 1 is 0.720 bits per heavy atom. The number of carbonyl (C=O) groups is 2. The molecule has 148 valence electrons. The summed E-state index contributed by atoms with van der Waals surface area (Å²) in [6.45, 7) is 7.84. The molecule has 0 aromatic heterocycles. The fourth-order valence-corrected chi connectivity index (χ4v) is 4.15. The molecule has 0 saturated heterocycles. The lowest BCUT2D eigenvalue weighted by Gasteiger charge is -2.26. The van der Waals surface area contributed by atoms with Gasteiger partial charge < -0.3 is 9.47 Å². The van der Waals surface area contributed by atoms with Crippen LogP contribution in [0.5, 0.6) is 0 Å². The lowest BCUT2D eigenvalue weighted by Crippen LogP contribution is -2.30. The van der Waals surface area contributed by atoms with Gasteiger partial charge in [0.2, 0.25) is 0 Å². The van der Waals surface area contributed by atoms with E-state index >= 15 is 0 Å². The third kappa shape index (κ3) is 14.8. The summed E-state index contributed by atoms with van der Waals surface area (Å²) in [5.74, 6) is 3.19. The van der Waals surface area contributed by atoms with E-state index in [9.17, 15) is 9.59 Å². The first-order chi connectivity index (χ1) is 11.6. The zero-order chi connectivity index (χ0) is 19.3. The fraction of sp³-hybridized carbons (Fsp3) is 0.889. The molecule has 0 aliphatic heterocycles. The highest BCUT2D eigenvalue weighted by Gasteiger charge is 2.24. The van der Waals surface area contributed by atoms with Crippen LogP contribution in [-0.4, -0.2) is 58.7 Å². The Morgan fingerprint density at radius 3 is 1.40 bits per heavy atom. The summed E-state index contributed by atoms with van der Waals surface area (Å²) in [6, 6.07) is 0. The van der Waals surface area contributed by atoms with Crippen LogP contribution in [0.3, 0.4) is 0 Å². The van der Waals surface area contributed by atoms with E-state index in [1.54, 1.807) is 35.3 Å². The first-order valence-electron chi connectivity index (χ1n) is 8.61. The van der Waals surface area contributed by atoms with Crippen molar-refractivity contribution in [3.8, 4) is 0 Å². The summed E-state index contributed by atoms with van der Waals surface area (Å²) >= 11 is 5.10. The van der Waals surface area contributed by atoms with Crippen LogP contribution in [-0.2, 0) is 19.1 Å². The molecular formula is C18H34O4S3. The smallest absolute Gasteiger partial charge is 0.307 e. The maximum absolute atomic E-state index is 11.7. The number of esters is 2. The Hall–Kier alpha value is -0.0100. The Labute approximate surface area is 166 Å². The molecule has 0 spiro atoms. The maximum atomic E-state index is 11.7. The average Bonchev–Trinajstić information content (AvgIpc) is 2.49. The van der Waals surface area contributed by atoms with Gasteiger partial charge in [-0.05, 0) is 64.6 Å². The van der Waals surface area contributed by atoms with E-state index in [0.717, 1.165) is 35.9 Å². The van der Waals surface area contributed by atoms with Gasteiger partial charge in [0.15, 0.2) is 0 Å². The summed E-state index contributed by atoms with van der Waals surface area (Å²) < 4.78 is 11.1. The van der Waals surface area contributed by atoms with Gasteiger partial charge in [-0.25, -0.2) is 0 Å². The molecule has 0 aromatic rings. The molecule has 0 amide bonds. The van der Waals surface area contributed by atoms with Crippen molar-refractivity contribution in [3.05, 3.63) is 0 Å². The summed E-state index contributed by atoms with van der Waals surface area (Å²) in [7, 11) is 0. The van der Waals surface area contributed by atoms with Crippen molar-refractivity contribution in [2.75, 3.05) is 35.5 Å². The molecule has 0 fully saturated rings. The SMILES string of the molecule is CSCCC(=O)OC(C)(C)CCSCCC(C)(C)OC(=O)CCSC. The van der Waals surface area contributed by atoms with E-state index in [4.69, 9.17) is 9.47 Å². The third-order valence-electron chi connectivity index (χ3n) is 3.50. The molecule has 0 saturated carbocycles. The van der Waals surface area contributed by atoms with Crippen molar-refractivity contribution >= 4 is 47.2 Å². The van der Waals surface area contributed by atoms with Gasteiger partial charge in [0, 0.05) is 11.5 Å². The van der Waals surface area contributed by atoms with Crippen LogP contribution in [0, 0.1) is 0 Å². The van der Waals surface area contributed by atoms with Gasteiger partial charge in [0.1, 0.15) is 11.2 Å². The molecule has 0 unspecified atom stereocenters. The van der Waals surface area contributed by atoms with Crippen molar-refractivity contribution in [2.24, 2.45) is 0 Å². The van der Waals surface area contributed by atoms with Crippen LogP contribution in [0.25, 0.3) is 0 Å². The van der Waals surface area contributed by atoms with Crippen molar-refractivity contribution in [1.82, 2.24) is 0 Å². The minimum Gasteiger partial charge on any atom is -0.460 e. The van der Waals surface area contributed by atoms with Gasteiger partial charge in [-0.3, -0.25) is 9.59 Å². The fourth-order valence-electron chi connectivity index (χ4n) is 1.93. The first kappa shape index (κ1) is 25.0. The molecule has 0 aromatic carbocycles. The molecular weight excluding hydrogens is 376 g/mol. The standard InChI is InChI=1S/C18H34O4S3/c1-17(2,21-15(19)7-11-23-5)9-13-25-14-10-18(3,4)22-16(20)8-12-24-6/h7-14H2,1-6H3. The van der Waals surface area contributed by atoms with Gasteiger partial charge in [-0.15, -0.1) is 0 Å². The van der Waals surface area contributed by atoms with Crippen LogP contribution in [0.2, 0.25) is 0 Å². The normalized spacial score (nSPS) is 12.1. The second-order valence-corrected chi connectivity index (χ2v) is 10.3. The zero-order valence-electron chi connectivity index (χ0n) is 16.5. The predicted molar refractivity (Wildman–Crippen MR) is 113 cm³/mol. The molecule has 0 heterocycles. The Morgan fingerprint density at radius 2 is 1.08 bits per heavy atom. The van der Waals surface area contributed by atoms with E-state index in [0.29, 0.717) is 12.8 Å². The lowest BCUT2D eigenvalue weighted by atomic mass is 10.1. The van der Waals surface area contributed by atoms with Crippen LogP contribution in [0.4, 0.5) is 0 Å². The molecule has 25 heavy (non-hydrogen) atoms. The number of rotatable bonds is 14. The Balaban J connectivity index is 3.95. The molecule has 0 aliphatic carbocycles. The summed E-state index contributed by atoms with van der Waals surface area (Å²) in [4.78, 5) is 23.4. The number of carbonyl (C=O) groups excluding carboxylic acids is 2. The lowest BCUT2D eigenvalue weighted by molar-refractivity contribution is -0.157. The van der Waals surface area contributed by atoms with E-state index in [2.05, 4.69) is 0 Å². The number of ether oxygens (including phenoxy) is 2. The molecule has 0 atom stereocenters. The highest BCUT2D eigenvalue weighted by atomic mass is 32.2. The molecule has 4 nitrogen and oxygen atoms in total. The monoisotopic (exact) mass is 410 g/mol. The van der Waals surface area contributed by atoms with Crippen molar-refractivity contribution < 1.29 is 19.1 Å². The second kappa shape index (κ2) is 13.2. The third-order valence-corrected chi connectivity index (χ3v) is 5.71. The van der Waals surface area contributed by atoms with E-state index in [1.165, 1.54) is 0 Å². The predicted octanol–water partition coefficient (Wildman–Crippen LogP) is 4.65. The summed E-state index contributed by atoms with van der Waals surface area (Å²) in [5.41, 5.74) is -0.857. The van der Waals surface area contributed by atoms with Gasteiger partial charge in [-0.1, -0.05) is 0 Å². The van der Waals surface area contributed by atoms with Crippen molar-refractivity contribution in [1.29, 1.82) is 0 Å². The van der Waals surface area contributed by atoms with Gasteiger partial charge in [0.25, 0.3) is 0 Å². The van der Waals surface area contributed by atoms with Gasteiger partial charge in [-0.2, -0.15) is 35.3 Å². The Bertz CT molecular complexity index is 362. The summed E-state index contributed by atoms with van der Waals surface area (Å²) in [6.07, 6.45) is 6.53. The molecule has 0 rings (SSSR count). The van der Waals surface area contributed by atoms with Crippen molar-refractivity contribution in [3.63, 3.8) is 0 Å². The number of thioether (sulfide) groups is 3. The molecule has 0 radical (unpaired) electrons. The van der Waals surface area contributed by atoms with E-state index < -0.39 is 11.2 Å². The maximum Gasteiger partial charge on any atom is 0.307 e. The van der Waals surface area contributed by atoms with E-state index in [1.807, 2.05) is 40.2 Å². The Kier molecular flexibility index (Phi) is 13.2. The quantitative estimate of drug-likeness (QED) is 0.305. The zero-order valence-corrected chi connectivity index (χ0v) is 19.0. The molecule has 0 N–H and O–H groups in total. The number of hydrogen-bond acceptors (Lipinski definition) is 7.